The smallest absolute Gasteiger partial charge is 0.0671 e. The summed E-state index contributed by atoms with van der Waals surface area (Å²) in [5.41, 5.74) is 10.2. The third-order valence-electron chi connectivity index (χ3n) is 7.12. The van der Waals surface area contributed by atoms with Gasteiger partial charge in [0.2, 0.25) is 0 Å². The lowest BCUT2D eigenvalue weighted by Crippen LogP contribution is -2.06. The van der Waals surface area contributed by atoms with Crippen LogP contribution in [0.2, 0.25) is 0 Å². The third-order valence-corrected chi connectivity index (χ3v) is 7.12. The van der Waals surface area contributed by atoms with Crippen LogP contribution in [-0.4, -0.2) is 11.4 Å². The predicted octanol–water partition coefficient (Wildman–Crippen LogP) is 8.23. The van der Waals surface area contributed by atoms with Crippen LogP contribution >= 0.6 is 0 Å². The molecular weight excluding hydrogens is 388 g/mol. The molecule has 4 aromatic rings. The van der Waals surface area contributed by atoms with E-state index in [0.29, 0.717) is 11.8 Å². The van der Waals surface area contributed by atoms with E-state index in [-0.39, 0.29) is 0 Å². The lowest BCUT2D eigenvalue weighted by Gasteiger charge is -2.10. The van der Waals surface area contributed by atoms with Crippen LogP contribution in [0.1, 0.15) is 38.8 Å². The first-order chi connectivity index (χ1) is 15.5. The molecule has 2 aliphatic rings. The molecule has 0 fully saturated rings. The van der Waals surface area contributed by atoms with Gasteiger partial charge in [-0.25, -0.2) is 0 Å². The zero-order valence-electron chi connectivity index (χ0n) is 19.2. The van der Waals surface area contributed by atoms with Crippen molar-refractivity contribution in [3.63, 3.8) is 0 Å². The molecule has 4 aromatic carbocycles. The minimum Gasteiger partial charge on any atom is -0.257 e. The van der Waals surface area contributed by atoms with Gasteiger partial charge in [-0.15, -0.1) is 0 Å². The van der Waals surface area contributed by atoms with E-state index >= 15 is 0 Å². The average Bonchev–Trinajstić information content (AvgIpc) is 3.43. The van der Waals surface area contributed by atoms with Gasteiger partial charge in [-0.1, -0.05) is 64.1 Å². The second-order valence-electron chi connectivity index (χ2n) is 9.87. The molecule has 0 N–H and O–H groups in total. The van der Waals surface area contributed by atoms with E-state index in [2.05, 4.69) is 88.4 Å². The quantitative estimate of drug-likeness (QED) is 0.321. The summed E-state index contributed by atoms with van der Waals surface area (Å²) in [5, 5.41) is 5.27. The second-order valence-corrected chi connectivity index (χ2v) is 9.87. The lowest BCUT2D eigenvalue weighted by atomic mass is 9.93. The first-order valence-corrected chi connectivity index (χ1v) is 11.7. The van der Waals surface area contributed by atoms with Gasteiger partial charge in [0.05, 0.1) is 11.4 Å². The molecule has 0 saturated heterocycles. The molecule has 2 heteroatoms. The Bertz CT molecular complexity index is 1350. The topological polar surface area (TPSA) is 24.7 Å². The second kappa shape index (κ2) is 7.13. The molecule has 158 valence electrons. The van der Waals surface area contributed by atoms with Crippen molar-refractivity contribution in [1.29, 1.82) is 0 Å². The molecule has 0 bridgehead atoms. The number of rotatable bonds is 3. The maximum Gasteiger partial charge on any atom is 0.0671 e. The number of hydrogen-bond donors (Lipinski definition) is 0. The predicted molar refractivity (Wildman–Crippen MR) is 138 cm³/mol. The van der Waals surface area contributed by atoms with Gasteiger partial charge >= 0.3 is 0 Å². The fourth-order valence-electron chi connectivity index (χ4n) is 5.12. The largest absolute Gasteiger partial charge is 0.257 e. The first kappa shape index (κ1) is 19.4. The fraction of sp³-hybridized carbons (Fsp3) is 0.267. The van der Waals surface area contributed by atoms with Gasteiger partial charge in [0.1, 0.15) is 0 Å². The van der Waals surface area contributed by atoms with Gasteiger partial charge in [0.25, 0.3) is 0 Å². The van der Waals surface area contributed by atoms with Crippen LogP contribution in [0.3, 0.4) is 0 Å². The molecule has 0 unspecified atom stereocenters. The Kier molecular flexibility index (Phi) is 4.33. The van der Waals surface area contributed by atoms with Crippen molar-refractivity contribution < 1.29 is 0 Å². The van der Waals surface area contributed by atoms with E-state index in [4.69, 9.17) is 9.98 Å². The van der Waals surface area contributed by atoms with Crippen molar-refractivity contribution in [2.45, 2.75) is 40.5 Å². The van der Waals surface area contributed by atoms with E-state index in [1.165, 1.54) is 55.2 Å². The standard InChI is InChI=1S/C30H28N2/c1-17(2)29-15-25-23-9-5-19(13-21(23)7-11-27(25)31-29)20-6-10-24-22(14-20)8-12-28-26(24)16-30(32-28)18(3)4/h5-14,17-18H,15-16H2,1-4H3. The Labute approximate surface area is 189 Å². The van der Waals surface area contributed by atoms with Crippen molar-refractivity contribution in [2.75, 3.05) is 0 Å². The zero-order chi connectivity index (χ0) is 22.0. The molecule has 0 spiro atoms. The number of nitrogens with zero attached hydrogens (tertiary/aromatic N) is 2. The number of fused-ring (bicyclic) bond motifs is 6. The lowest BCUT2D eigenvalue weighted by molar-refractivity contribution is 0.872. The van der Waals surface area contributed by atoms with Crippen molar-refractivity contribution in [1.82, 2.24) is 0 Å². The molecule has 2 heterocycles. The molecule has 0 saturated carbocycles. The van der Waals surface area contributed by atoms with Gasteiger partial charge in [-0.05, 0) is 79.9 Å². The Morgan fingerprint density at radius 1 is 0.562 bits per heavy atom. The van der Waals surface area contributed by atoms with Crippen molar-refractivity contribution in [3.05, 3.63) is 71.8 Å². The first-order valence-electron chi connectivity index (χ1n) is 11.7. The van der Waals surface area contributed by atoms with Crippen LogP contribution in [0.4, 0.5) is 11.4 Å². The maximum atomic E-state index is 4.87. The van der Waals surface area contributed by atoms with Crippen LogP contribution in [-0.2, 0) is 12.8 Å². The van der Waals surface area contributed by atoms with Gasteiger partial charge < -0.3 is 0 Å². The van der Waals surface area contributed by atoms with Gasteiger partial charge in [0, 0.05) is 24.3 Å². The van der Waals surface area contributed by atoms with Crippen LogP contribution in [0, 0.1) is 11.8 Å². The molecule has 0 aromatic heterocycles. The maximum absolute atomic E-state index is 4.87. The average molecular weight is 417 g/mol. The zero-order valence-corrected chi connectivity index (χ0v) is 19.2. The highest BCUT2D eigenvalue weighted by atomic mass is 14.8. The highest BCUT2D eigenvalue weighted by molar-refractivity contribution is 6.05. The number of benzene rings is 4. The van der Waals surface area contributed by atoms with E-state index in [0.717, 1.165) is 24.2 Å². The summed E-state index contributed by atoms with van der Waals surface area (Å²) in [6.45, 7) is 8.93. The molecular formula is C30H28N2. The van der Waals surface area contributed by atoms with Gasteiger partial charge in [0.15, 0.2) is 0 Å². The van der Waals surface area contributed by atoms with Crippen molar-refractivity contribution in [2.24, 2.45) is 21.8 Å². The summed E-state index contributed by atoms with van der Waals surface area (Å²) in [5.74, 6) is 0.996. The molecule has 6 rings (SSSR count). The molecule has 0 amide bonds. The molecule has 2 aliphatic heterocycles. The minimum absolute atomic E-state index is 0.498. The highest BCUT2D eigenvalue weighted by Gasteiger charge is 2.21. The van der Waals surface area contributed by atoms with Gasteiger partial charge in [-0.2, -0.15) is 0 Å². The SMILES string of the molecule is CC(C)C1=Nc2ccc3cc(-c4ccc5c6c(ccc5c4)N=C(C(C)C)C6)ccc3c2C1. The molecule has 0 atom stereocenters. The monoisotopic (exact) mass is 416 g/mol. The molecule has 32 heavy (non-hydrogen) atoms. The minimum atomic E-state index is 0.498. The van der Waals surface area contributed by atoms with Gasteiger partial charge in [-0.3, -0.25) is 9.98 Å². The Balaban J connectivity index is 1.38. The summed E-state index contributed by atoms with van der Waals surface area (Å²) in [6, 6.07) is 22.6. The Morgan fingerprint density at radius 2 is 1.00 bits per heavy atom. The highest BCUT2D eigenvalue weighted by Crippen LogP contribution is 2.39. The summed E-state index contributed by atoms with van der Waals surface area (Å²) >= 11 is 0. The normalized spacial score (nSPS) is 14.9. The summed E-state index contributed by atoms with van der Waals surface area (Å²) in [4.78, 5) is 9.74. The third kappa shape index (κ3) is 3.01. The van der Waals surface area contributed by atoms with E-state index in [9.17, 15) is 0 Å². The van der Waals surface area contributed by atoms with Crippen LogP contribution in [0.25, 0.3) is 32.7 Å². The van der Waals surface area contributed by atoms with Crippen LogP contribution < -0.4 is 0 Å². The van der Waals surface area contributed by atoms with Crippen molar-refractivity contribution >= 4 is 44.3 Å². The summed E-state index contributed by atoms with van der Waals surface area (Å²) < 4.78 is 0. The Hall–Kier alpha value is -3.26. The molecule has 2 nitrogen and oxygen atoms in total. The van der Waals surface area contributed by atoms with E-state index in [1.807, 2.05) is 0 Å². The molecule has 0 radical (unpaired) electrons. The fourth-order valence-corrected chi connectivity index (χ4v) is 5.12. The van der Waals surface area contributed by atoms with Crippen LogP contribution in [0.5, 0.6) is 0 Å². The van der Waals surface area contributed by atoms with E-state index in [1.54, 1.807) is 0 Å². The summed E-state index contributed by atoms with van der Waals surface area (Å²) in [6.07, 6.45) is 1.95. The summed E-state index contributed by atoms with van der Waals surface area (Å²) in [7, 11) is 0. The van der Waals surface area contributed by atoms with Crippen LogP contribution in [0.15, 0.2) is 70.6 Å². The van der Waals surface area contributed by atoms with E-state index < -0.39 is 0 Å². The Morgan fingerprint density at radius 3 is 1.41 bits per heavy atom. The number of hydrogen-bond acceptors (Lipinski definition) is 2. The molecule has 0 aliphatic carbocycles. The number of aliphatic imine (C=N–C) groups is 2. The van der Waals surface area contributed by atoms with Crippen molar-refractivity contribution in [3.8, 4) is 11.1 Å².